The lowest BCUT2D eigenvalue weighted by atomic mass is 10.0. The molecule has 0 aliphatic heterocycles. The first kappa shape index (κ1) is 25.0. The Morgan fingerprint density at radius 3 is 1.69 bits per heavy atom. The second-order valence-corrected chi connectivity index (χ2v) is 7.34. The van der Waals surface area contributed by atoms with Crippen molar-refractivity contribution in [1.82, 2.24) is 0 Å². The van der Waals surface area contributed by atoms with Crippen molar-refractivity contribution in [3.05, 3.63) is 93.0 Å². The van der Waals surface area contributed by atoms with Gasteiger partial charge in [0.05, 0.1) is 17.7 Å². The summed E-state index contributed by atoms with van der Waals surface area (Å²) in [4.78, 5) is 21.7. The van der Waals surface area contributed by atoms with Crippen LogP contribution in [0.25, 0.3) is 0 Å². The van der Waals surface area contributed by atoms with Crippen LogP contribution in [0.3, 0.4) is 0 Å². The predicted octanol–water partition coefficient (Wildman–Crippen LogP) is 4.53. The van der Waals surface area contributed by atoms with Gasteiger partial charge < -0.3 is 25.2 Å². The molecule has 0 aromatic heterocycles. The SMILES string of the molecule is O=C(O)c1ccc(C(=O)OCCO)cc1.Oc1ccc(Cl)cc1Cc1cc(Cl)ccc1O. The Balaban J connectivity index is 0.000000229. The van der Waals surface area contributed by atoms with Crippen LogP contribution in [0.4, 0.5) is 0 Å². The fourth-order valence-electron chi connectivity index (χ4n) is 2.57. The van der Waals surface area contributed by atoms with Gasteiger partial charge in [0.1, 0.15) is 18.1 Å². The van der Waals surface area contributed by atoms with Gasteiger partial charge in [-0.05, 0) is 71.8 Å². The lowest BCUT2D eigenvalue weighted by Crippen LogP contribution is -2.09. The van der Waals surface area contributed by atoms with Crippen molar-refractivity contribution in [3.8, 4) is 11.5 Å². The minimum Gasteiger partial charge on any atom is -0.508 e. The van der Waals surface area contributed by atoms with Crippen LogP contribution in [-0.4, -0.2) is 45.6 Å². The van der Waals surface area contributed by atoms with Crippen molar-refractivity contribution in [2.24, 2.45) is 0 Å². The summed E-state index contributed by atoms with van der Waals surface area (Å²) in [7, 11) is 0. The Morgan fingerprint density at radius 1 is 0.781 bits per heavy atom. The van der Waals surface area contributed by atoms with E-state index in [-0.39, 0.29) is 35.8 Å². The van der Waals surface area contributed by atoms with Gasteiger partial charge in [0.25, 0.3) is 0 Å². The van der Waals surface area contributed by atoms with Crippen molar-refractivity contribution in [2.75, 3.05) is 13.2 Å². The summed E-state index contributed by atoms with van der Waals surface area (Å²) in [6.45, 7) is -0.307. The normalized spacial score (nSPS) is 10.1. The molecule has 0 aliphatic rings. The number of carbonyl (C=O) groups excluding carboxylic acids is 1. The number of halogens is 2. The van der Waals surface area contributed by atoms with Crippen LogP contribution in [0.1, 0.15) is 31.8 Å². The molecule has 0 fully saturated rings. The number of aliphatic hydroxyl groups excluding tert-OH is 1. The van der Waals surface area contributed by atoms with E-state index in [0.29, 0.717) is 27.6 Å². The summed E-state index contributed by atoms with van der Waals surface area (Å²) in [5.41, 5.74) is 1.66. The molecule has 168 valence electrons. The molecule has 0 radical (unpaired) electrons. The molecule has 0 spiro atoms. The topological polar surface area (TPSA) is 124 Å². The van der Waals surface area contributed by atoms with Crippen LogP contribution in [0, 0.1) is 0 Å². The zero-order chi connectivity index (χ0) is 23.7. The summed E-state index contributed by atoms with van der Waals surface area (Å²) in [6.07, 6.45) is 0.374. The maximum Gasteiger partial charge on any atom is 0.338 e. The molecule has 3 rings (SSSR count). The van der Waals surface area contributed by atoms with Crippen molar-refractivity contribution >= 4 is 35.1 Å². The van der Waals surface area contributed by atoms with Crippen molar-refractivity contribution in [1.29, 1.82) is 0 Å². The first-order valence-electron chi connectivity index (χ1n) is 9.27. The highest BCUT2D eigenvalue weighted by Gasteiger charge is 2.09. The lowest BCUT2D eigenvalue weighted by molar-refractivity contribution is 0.0433. The summed E-state index contributed by atoms with van der Waals surface area (Å²) in [5, 5.41) is 37.5. The van der Waals surface area contributed by atoms with Crippen LogP contribution in [0.15, 0.2) is 60.7 Å². The number of benzene rings is 3. The summed E-state index contributed by atoms with van der Waals surface area (Å²) < 4.78 is 4.64. The number of hydrogen-bond donors (Lipinski definition) is 4. The molecule has 0 saturated carbocycles. The standard InChI is InChI=1S/C13H10Cl2O2.C10H10O5/c14-10-1-3-12(16)8(6-10)5-9-7-11(15)2-4-13(9)17;11-5-6-15-10(14)8-3-1-7(2-4-8)9(12)13/h1-4,6-7,16-17H,5H2;1-4,11H,5-6H2,(H,12,13). The molecule has 0 aliphatic carbocycles. The van der Waals surface area contributed by atoms with Crippen molar-refractivity contribution in [3.63, 3.8) is 0 Å². The molecule has 7 nitrogen and oxygen atoms in total. The van der Waals surface area contributed by atoms with Gasteiger partial charge in [-0.3, -0.25) is 0 Å². The molecule has 0 amide bonds. The highest BCUT2D eigenvalue weighted by Crippen LogP contribution is 2.29. The zero-order valence-corrected chi connectivity index (χ0v) is 18.2. The molecule has 3 aromatic rings. The number of aliphatic hydroxyl groups is 1. The number of carboxylic acid groups (broad SMARTS) is 1. The van der Waals surface area contributed by atoms with Crippen molar-refractivity contribution in [2.45, 2.75) is 6.42 Å². The molecule has 0 unspecified atom stereocenters. The molecule has 0 bridgehead atoms. The minimum atomic E-state index is -1.05. The van der Waals surface area contributed by atoms with E-state index in [1.54, 1.807) is 24.3 Å². The molecular weight excluding hydrogens is 459 g/mol. The number of phenols is 2. The number of aromatic hydroxyl groups is 2. The number of ether oxygens (including phenoxy) is 1. The van der Waals surface area contributed by atoms with Gasteiger partial charge in [-0.25, -0.2) is 9.59 Å². The molecule has 4 N–H and O–H groups in total. The van der Waals surface area contributed by atoms with Crippen LogP contribution >= 0.6 is 23.2 Å². The monoisotopic (exact) mass is 478 g/mol. The second kappa shape index (κ2) is 12.0. The van der Waals surface area contributed by atoms with E-state index < -0.39 is 11.9 Å². The van der Waals surface area contributed by atoms with Crippen LogP contribution in [-0.2, 0) is 11.2 Å². The minimum absolute atomic E-state index is 0.0699. The van der Waals surface area contributed by atoms with E-state index in [1.165, 1.54) is 36.4 Å². The van der Waals surface area contributed by atoms with Crippen LogP contribution in [0.2, 0.25) is 10.0 Å². The smallest absolute Gasteiger partial charge is 0.338 e. The van der Waals surface area contributed by atoms with Crippen LogP contribution < -0.4 is 0 Å². The number of aromatic carboxylic acids is 1. The van der Waals surface area contributed by atoms with E-state index in [1.807, 2.05) is 0 Å². The molecular formula is C23H20Cl2O7. The number of carboxylic acids is 1. The van der Waals surface area contributed by atoms with E-state index in [2.05, 4.69) is 4.74 Å². The van der Waals surface area contributed by atoms with Crippen LogP contribution in [0.5, 0.6) is 11.5 Å². The number of hydrogen-bond acceptors (Lipinski definition) is 6. The van der Waals surface area contributed by atoms with E-state index in [9.17, 15) is 19.8 Å². The molecule has 32 heavy (non-hydrogen) atoms. The Bertz CT molecular complexity index is 1030. The molecule has 0 saturated heterocycles. The Kier molecular flexibility index (Phi) is 9.34. The van der Waals surface area contributed by atoms with Gasteiger partial charge in [0.15, 0.2) is 0 Å². The number of carbonyl (C=O) groups is 2. The highest BCUT2D eigenvalue weighted by molar-refractivity contribution is 6.31. The van der Waals surface area contributed by atoms with Gasteiger partial charge in [-0.2, -0.15) is 0 Å². The molecule has 3 aromatic carbocycles. The van der Waals surface area contributed by atoms with Crippen molar-refractivity contribution < 1.29 is 34.8 Å². The largest absolute Gasteiger partial charge is 0.508 e. The zero-order valence-electron chi connectivity index (χ0n) is 16.7. The van der Waals surface area contributed by atoms with Gasteiger partial charge in [0, 0.05) is 16.5 Å². The third-order valence-corrected chi connectivity index (χ3v) is 4.63. The number of rotatable bonds is 6. The first-order chi connectivity index (χ1) is 15.2. The van der Waals surface area contributed by atoms with Gasteiger partial charge in [0.2, 0.25) is 0 Å². The fourth-order valence-corrected chi connectivity index (χ4v) is 2.96. The Labute approximate surface area is 194 Å². The number of esters is 1. The Morgan fingerprint density at radius 2 is 1.25 bits per heavy atom. The van der Waals surface area contributed by atoms with Gasteiger partial charge in [-0.1, -0.05) is 23.2 Å². The summed E-state index contributed by atoms with van der Waals surface area (Å²) >= 11 is 11.7. The summed E-state index contributed by atoms with van der Waals surface area (Å²) in [5.74, 6) is -1.34. The Hall–Kier alpha value is -3.26. The van der Waals surface area contributed by atoms with E-state index in [4.69, 9.17) is 33.4 Å². The average molecular weight is 479 g/mol. The highest BCUT2D eigenvalue weighted by atomic mass is 35.5. The van der Waals surface area contributed by atoms with E-state index >= 15 is 0 Å². The molecule has 0 heterocycles. The third kappa shape index (κ3) is 7.46. The predicted molar refractivity (Wildman–Crippen MR) is 120 cm³/mol. The molecule has 0 atom stereocenters. The van der Waals surface area contributed by atoms with E-state index in [0.717, 1.165) is 0 Å². The maximum absolute atomic E-state index is 11.2. The van der Waals surface area contributed by atoms with Gasteiger partial charge in [-0.15, -0.1) is 0 Å². The second-order valence-electron chi connectivity index (χ2n) is 6.46. The lowest BCUT2D eigenvalue weighted by Gasteiger charge is -2.07. The summed E-state index contributed by atoms with van der Waals surface area (Å²) in [6, 6.07) is 15.0. The first-order valence-corrected chi connectivity index (χ1v) is 10.0. The maximum atomic E-state index is 11.2. The fraction of sp³-hybridized carbons (Fsp3) is 0.130. The molecule has 9 heteroatoms. The quantitative estimate of drug-likeness (QED) is 0.383. The number of phenolic OH excluding ortho intramolecular Hbond substituents is 2. The third-order valence-electron chi connectivity index (χ3n) is 4.16. The average Bonchev–Trinajstić information content (AvgIpc) is 2.77. The van der Waals surface area contributed by atoms with Gasteiger partial charge >= 0.3 is 11.9 Å².